The Morgan fingerprint density at radius 1 is 0.530 bits per heavy atom. The molecule has 115 heavy (non-hydrogen) atoms. The number of aliphatic hydroxyl groups excluding tert-OH is 1. The first-order valence-corrected chi connectivity index (χ1v) is 43.6. The van der Waals surface area contributed by atoms with Crippen molar-refractivity contribution in [2.75, 3.05) is 37.7 Å². The fourth-order valence-electron chi connectivity index (χ4n) is 15.6. The summed E-state index contributed by atoms with van der Waals surface area (Å²) in [7, 11) is 0. The summed E-state index contributed by atoms with van der Waals surface area (Å²) in [6, 6.07) is -6.03. The number of amides is 11. The van der Waals surface area contributed by atoms with Gasteiger partial charge in [0, 0.05) is 99.6 Å². The van der Waals surface area contributed by atoms with Gasteiger partial charge in [0.1, 0.15) is 30.2 Å². The van der Waals surface area contributed by atoms with Crippen LogP contribution in [0.15, 0.2) is 24.3 Å². The second-order valence-corrected chi connectivity index (χ2v) is 33.9. The van der Waals surface area contributed by atoms with Crippen LogP contribution in [-0.4, -0.2) is 234 Å². The van der Waals surface area contributed by atoms with Crippen LogP contribution in [0.5, 0.6) is 0 Å². The van der Waals surface area contributed by atoms with Gasteiger partial charge < -0.3 is 78.1 Å². The molecule has 34 heteroatoms. The lowest BCUT2D eigenvalue weighted by Gasteiger charge is -2.34. The number of rotatable bonds is 31. The topological polar surface area (TPSA) is 491 Å². The van der Waals surface area contributed by atoms with Gasteiger partial charge in [-0.2, -0.15) is 23.5 Å². The fourth-order valence-corrected chi connectivity index (χ4v) is 17.9. The predicted molar refractivity (Wildman–Crippen MR) is 427 cm³/mol. The van der Waals surface area contributed by atoms with E-state index in [2.05, 4.69) is 44.1 Å². The molecule has 13 N–H and O–H groups in total. The van der Waals surface area contributed by atoms with Gasteiger partial charge in [-0.3, -0.25) is 81.5 Å². The number of nitrogens with one attached hydrogen (secondary N) is 7. The van der Waals surface area contributed by atoms with Crippen LogP contribution in [0.4, 0.5) is 0 Å². The minimum absolute atomic E-state index is 0.00694. The summed E-state index contributed by atoms with van der Waals surface area (Å²) in [4.78, 5) is 245. The predicted octanol–water partition coefficient (Wildman–Crippen LogP) is 4.67. The number of benzene rings is 1. The Hall–Kier alpha value is -8.53. The lowest BCUT2D eigenvalue weighted by atomic mass is 9.90. The second kappa shape index (κ2) is 49.5. The van der Waals surface area contributed by atoms with Crippen molar-refractivity contribution in [1.29, 1.82) is 0 Å². The van der Waals surface area contributed by atoms with Crippen LogP contribution in [0.3, 0.4) is 0 Å². The molecule has 640 valence electrons. The van der Waals surface area contributed by atoms with Gasteiger partial charge in [-0.1, -0.05) is 135 Å². The molecule has 13 atom stereocenters. The number of carbonyl (C=O) groups is 17. The molecule has 0 saturated carbocycles. The van der Waals surface area contributed by atoms with E-state index < -0.39 is 243 Å². The molecule has 6 rings (SSSR count). The van der Waals surface area contributed by atoms with Crippen molar-refractivity contribution in [2.24, 2.45) is 29.4 Å². The van der Waals surface area contributed by atoms with Crippen molar-refractivity contribution >= 4 is 124 Å². The number of Topliss-reactive ketones (excluding diaryl/α,β-unsaturated/α-hetero) is 3. The minimum atomic E-state index is -1.88. The van der Waals surface area contributed by atoms with Crippen molar-refractivity contribution in [1.82, 2.24) is 51.9 Å². The Balaban J connectivity index is 1.43. The van der Waals surface area contributed by atoms with Crippen LogP contribution in [0.1, 0.15) is 244 Å². The number of hydrogen-bond donors (Lipinski definition) is 12. The van der Waals surface area contributed by atoms with Crippen LogP contribution < -0.4 is 43.0 Å². The van der Waals surface area contributed by atoms with Gasteiger partial charge in [0.2, 0.25) is 65.0 Å². The smallest absolute Gasteiger partial charge is 0.304 e. The SMILES string of the molecule is CCCCCCCCCCCCCCCCCC(=O)N[C@H]1C[C@H]2C(=O)N[C@@H](CCC(N)=O)C(=O)N[C@H]3CSCc4ccccc4CSC[C@H](CC(=O)[C@H](CCC(=O)O)NC(=O)CNC(=O)[C@H]([C@@H](C)O)NC(=O)[C@H](CCC(=O)O)CC(=O)[C@@H]4CCCN4C(=O)[C@H](CC(=O)O)CC3=O)C(=O)N[C@@H](CC(C)C)C(=O)N3CCC[C@@H]3C(=O)N2C1. The molecule has 0 radical (unpaired) electrons. The Kier molecular flexibility index (Phi) is 41.0. The molecule has 0 aliphatic carbocycles. The highest BCUT2D eigenvalue weighted by Gasteiger charge is 2.48. The van der Waals surface area contributed by atoms with Gasteiger partial charge in [0.25, 0.3) is 0 Å². The average molecular weight is 1650 g/mol. The quantitative estimate of drug-likeness (QED) is 0.0449. The van der Waals surface area contributed by atoms with Crippen LogP contribution >= 0.6 is 23.5 Å². The van der Waals surface area contributed by atoms with E-state index in [1.165, 1.54) is 79.3 Å². The summed E-state index contributed by atoms with van der Waals surface area (Å²) in [5.41, 5.74) is 7.04. The molecule has 0 unspecified atom stereocenters. The molecule has 3 saturated heterocycles. The fraction of sp³-hybridized carbons (Fsp3) is 0.716. The van der Waals surface area contributed by atoms with E-state index in [1.54, 1.807) is 38.1 Å². The van der Waals surface area contributed by atoms with Gasteiger partial charge in [0.05, 0.1) is 49.0 Å². The Bertz CT molecular complexity index is 3550. The van der Waals surface area contributed by atoms with E-state index in [9.17, 15) is 73.2 Å². The average Bonchev–Trinajstić information content (AvgIpc) is 1.63. The zero-order valence-corrected chi connectivity index (χ0v) is 68.8. The zero-order chi connectivity index (χ0) is 84.3. The van der Waals surface area contributed by atoms with E-state index in [4.69, 9.17) is 5.73 Å². The number of carbonyl (C=O) groups excluding carboxylic acids is 14. The Morgan fingerprint density at radius 3 is 1.67 bits per heavy atom. The number of fused-ring (bicyclic) bond motifs is 9. The molecule has 5 aliphatic heterocycles. The molecule has 3 fully saturated rings. The highest BCUT2D eigenvalue weighted by atomic mass is 32.2. The number of thioether (sulfide) groups is 2. The van der Waals surface area contributed by atoms with Gasteiger partial charge in [-0.05, 0) is 88.2 Å². The molecule has 5 heterocycles. The molecule has 1 aromatic rings. The number of nitrogens with zero attached hydrogens (tertiary/aromatic N) is 3. The number of nitrogens with two attached hydrogens (primary N) is 1. The largest absolute Gasteiger partial charge is 0.481 e. The van der Waals surface area contributed by atoms with Crippen LogP contribution in [-0.2, 0) is 93.0 Å². The summed E-state index contributed by atoms with van der Waals surface area (Å²) >= 11 is 2.31. The maximum Gasteiger partial charge on any atom is 0.304 e. The summed E-state index contributed by atoms with van der Waals surface area (Å²) in [5.74, 6) is -21.6. The molecule has 2 bridgehead atoms. The van der Waals surface area contributed by atoms with E-state index in [0.717, 1.165) is 55.7 Å². The molecule has 5 aliphatic rings. The third-order valence-electron chi connectivity index (χ3n) is 22.0. The molecule has 1 aromatic carbocycles. The molecule has 0 spiro atoms. The monoisotopic (exact) mass is 1650 g/mol. The number of aliphatic hydroxyl groups is 1. The maximum absolute atomic E-state index is 15.5. The summed E-state index contributed by atoms with van der Waals surface area (Å²) in [6.07, 6.45) is 8.90. The Labute approximate surface area is 681 Å². The number of primary amides is 1. The summed E-state index contributed by atoms with van der Waals surface area (Å²) < 4.78 is 0. The normalized spacial score (nSPS) is 25.7. The standard InChI is InChI=1S/C81H123N11O21S2/c1-5-6-7-8-9-10-11-12-13-14-15-16-17-18-19-28-68(98)84-56-42-63-77(109)86-58(30-32-67(82)97)76(108)88-60-48-115-46-53-25-21-20-24-52(53)45-114-47-55(75(107)87-59(37-49(2)3)80(112)91-36-23-27-62(91)81(113)92(63)44-56)40-64(94)57(31-34-71(102)103)85-69(99)43-83-78(110)73(50(4)93)89-74(106)51(29-33-70(100)101)38-66(96)61-26-22-35-90(61)79(111)54(39-65(60)95)41-72(104)105/h20-21,24-25,49-51,54-63,73,93H,5-19,22-23,26-48H2,1-4H3,(H2,82,97)(H,83,110)(H,84,98)(H,85,99)(H,86,109)(H,87,107)(H,88,108)(H,89,106)(H,100,101)(H,102,103)(H,104,105)/t50-,51-,54+,55+,56+,57+,58+,59+,60+,61+,62-,63+,73+/m1/s1. The van der Waals surface area contributed by atoms with Gasteiger partial charge in [0.15, 0.2) is 17.3 Å². The third-order valence-corrected chi connectivity index (χ3v) is 24.2. The lowest BCUT2D eigenvalue weighted by Crippen LogP contribution is -2.58. The molecular weight excluding hydrogens is 1530 g/mol. The lowest BCUT2D eigenvalue weighted by molar-refractivity contribution is -0.148. The van der Waals surface area contributed by atoms with Crippen molar-refractivity contribution in [3.63, 3.8) is 0 Å². The summed E-state index contributed by atoms with van der Waals surface area (Å²) in [5, 5.41) is 59.2. The van der Waals surface area contributed by atoms with Gasteiger partial charge in [-0.25, -0.2) is 0 Å². The Morgan fingerprint density at radius 2 is 1.09 bits per heavy atom. The van der Waals surface area contributed by atoms with E-state index >= 15 is 28.8 Å². The number of carboxylic acid groups (broad SMARTS) is 3. The number of hydrogen-bond acceptors (Lipinski definition) is 20. The number of unbranched alkanes of at least 4 members (excludes halogenated alkanes) is 14. The van der Waals surface area contributed by atoms with Crippen LogP contribution in [0, 0.1) is 23.7 Å². The third kappa shape index (κ3) is 32.1. The molecular formula is C81H123N11O21S2. The minimum Gasteiger partial charge on any atom is -0.481 e. The highest BCUT2D eigenvalue weighted by molar-refractivity contribution is 7.98. The van der Waals surface area contributed by atoms with Gasteiger partial charge in [-0.15, -0.1) is 0 Å². The number of ketones is 3. The first-order valence-electron chi connectivity index (χ1n) is 41.3. The number of carboxylic acids is 3. The van der Waals surface area contributed by atoms with Gasteiger partial charge >= 0.3 is 17.9 Å². The van der Waals surface area contributed by atoms with Crippen molar-refractivity contribution in [3.05, 3.63) is 35.4 Å². The summed E-state index contributed by atoms with van der Waals surface area (Å²) in [6.45, 7) is 5.59. The van der Waals surface area contributed by atoms with Crippen LogP contribution in [0.2, 0.25) is 0 Å². The highest BCUT2D eigenvalue weighted by Crippen LogP contribution is 2.32. The molecule has 32 nitrogen and oxygen atoms in total. The molecule has 11 amide bonds. The van der Waals surface area contributed by atoms with Crippen LogP contribution in [0.25, 0.3) is 0 Å². The van der Waals surface area contributed by atoms with Crippen molar-refractivity contribution < 1.29 is 102 Å². The van der Waals surface area contributed by atoms with Crippen molar-refractivity contribution in [2.45, 2.75) is 305 Å². The second-order valence-electron chi connectivity index (χ2n) is 31.8. The first kappa shape index (κ1) is 95.3. The van der Waals surface area contributed by atoms with E-state index in [1.807, 2.05) is 0 Å². The maximum atomic E-state index is 15.5. The number of aliphatic carboxylic acids is 3. The van der Waals surface area contributed by atoms with E-state index in [-0.39, 0.29) is 99.4 Å². The zero-order valence-electron chi connectivity index (χ0n) is 67.1. The van der Waals surface area contributed by atoms with Crippen molar-refractivity contribution in [3.8, 4) is 0 Å². The molecule has 0 aromatic heterocycles. The first-order chi connectivity index (χ1) is 54.8. The van der Waals surface area contributed by atoms with E-state index in [0.29, 0.717) is 17.5 Å².